The summed E-state index contributed by atoms with van der Waals surface area (Å²) in [4.78, 5) is 24.5. The van der Waals surface area contributed by atoms with Crippen molar-refractivity contribution in [1.82, 2.24) is 10.2 Å². The van der Waals surface area contributed by atoms with Gasteiger partial charge in [0.2, 0.25) is 5.91 Å². The number of aryl methyl sites for hydroxylation is 1. The molecule has 0 saturated heterocycles. The zero-order chi connectivity index (χ0) is 15.4. The predicted molar refractivity (Wildman–Crippen MR) is 81.8 cm³/mol. The fraction of sp³-hybridized carbons (Fsp3) is 0.333. The Labute approximate surface area is 128 Å². The number of carbonyl (C=O) groups is 2. The summed E-state index contributed by atoms with van der Waals surface area (Å²) in [5.41, 5.74) is 7.44. The van der Waals surface area contributed by atoms with Gasteiger partial charge in [0.25, 0.3) is 0 Å². The summed E-state index contributed by atoms with van der Waals surface area (Å²) < 4.78 is 0. The van der Waals surface area contributed by atoms with Crippen molar-refractivity contribution in [3.63, 3.8) is 0 Å². The second kappa shape index (κ2) is 6.74. The molecule has 0 heterocycles. The number of fused-ring (bicyclic) bond motifs is 1. The Balaban J connectivity index is 2.15. The number of nitrogens with one attached hydrogen (secondary N) is 1. The van der Waals surface area contributed by atoms with Crippen molar-refractivity contribution in [2.75, 3.05) is 13.1 Å². The minimum absolute atomic E-state index is 0.0493. The first-order valence-electron chi connectivity index (χ1n) is 6.72. The van der Waals surface area contributed by atoms with Crippen LogP contribution in [-0.4, -0.2) is 29.9 Å². The van der Waals surface area contributed by atoms with E-state index in [9.17, 15) is 9.59 Å². The molecule has 0 radical (unpaired) electrons. The van der Waals surface area contributed by atoms with Crippen molar-refractivity contribution < 1.29 is 9.59 Å². The van der Waals surface area contributed by atoms with Crippen LogP contribution in [-0.2, 0) is 11.2 Å². The molecule has 0 spiro atoms. The molecule has 6 heteroatoms. The third-order valence-corrected chi connectivity index (χ3v) is 3.65. The lowest BCUT2D eigenvalue weighted by Gasteiger charge is -2.28. The summed E-state index contributed by atoms with van der Waals surface area (Å²) in [6.45, 7) is 4.12. The molecule has 3 N–H and O–H groups in total. The number of nitrogens with two attached hydrogens (primary N) is 1. The Morgan fingerprint density at radius 1 is 1.38 bits per heavy atom. The lowest BCUT2D eigenvalue weighted by atomic mass is 10.1. The molecule has 0 saturated carbocycles. The average molecular weight is 308 g/mol. The molecule has 0 bridgehead atoms. The summed E-state index contributed by atoms with van der Waals surface area (Å²) in [6, 6.07) is 7.38. The van der Waals surface area contributed by atoms with Gasteiger partial charge in [-0.25, -0.2) is 4.79 Å². The van der Waals surface area contributed by atoms with Gasteiger partial charge in [0.15, 0.2) is 0 Å². The molecular weight excluding hydrogens is 290 g/mol. The van der Waals surface area contributed by atoms with Crippen LogP contribution < -0.4 is 11.1 Å². The first kappa shape index (κ1) is 15.5. The van der Waals surface area contributed by atoms with Crippen LogP contribution in [0.5, 0.6) is 0 Å². The Morgan fingerprint density at radius 3 is 2.76 bits per heavy atom. The minimum atomic E-state index is -0.850. The second-order valence-electron chi connectivity index (χ2n) is 5.09. The standard InChI is InChI=1S/C15H18ClN3O2/c1-10(16)8-19(9-14(20)18-15(17)21)13-7-6-11-4-2-3-5-12(11)13/h2-5,13H,1,6-9H2,(H3,17,18,20,21)/t13-/m1/s1. The van der Waals surface area contributed by atoms with Crippen LogP contribution >= 0.6 is 11.6 Å². The van der Waals surface area contributed by atoms with E-state index in [1.165, 1.54) is 11.1 Å². The number of urea groups is 1. The van der Waals surface area contributed by atoms with Crippen LogP contribution in [0.15, 0.2) is 35.9 Å². The highest BCUT2D eigenvalue weighted by Crippen LogP contribution is 2.35. The molecular formula is C15H18ClN3O2. The van der Waals surface area contributed by atoms with Crippen LogP contribution in [0.3, 0.4) is 0 Å². The molecule has 0 aromatic heterocycles. The number of hydrogen-bond acceptors (Lipinski definition) is 3. The smallest absolute Gasteiger partial charge is 0.318 e. The van der Waals surface area contributed by atoms with Crippen molar-refractivity contribution in [1.29, 1.82) is 0 Å². The van der Waals surface area contributed by atoms with Gasteiger partial charge in [0, 0.05) is 17.6 Å². The number of nitrogens with zero attached hydrogens (tertiary/aromatic N) is 1. The van der Waals surface area contributed by atoms with E-state index in [0.29, 0.717) is 11.6 Å². The summed E-state index contributed by atoms with van der Waals surface area (Å²) in [5, 5.41) is 2.53. The van der Waals surface area contributed by atoms with Crippen molar-refractivity contribution in [3.05, 3.63) is 47.0 Å². The van der Waals surface area contributed by atoms with E-state index in [1.54, 1.807) is 0 Å². The van der Waals surface area contributed by atoms with Crippen molar-refractivity contribution in [2.45, 2.75) is 18.9 Å². The third-order valence-electron chi connectivity index (χ3n) is 3.53. The Hall–Kier alpha value is -1.85. The molecule has 5 nitrogen and oxygen atoms in total. The van der Waals surface area contributed by atoms with Crippen LogP contribution in [0.25, 0.3) is 0 Å². The molecule has 1 atom stereocenters. The van der Waals surface area contributed by atoms with Gasteiger partial charge in [-0.15, -0.1) is 0 Å². The number of rotatable bonds is 5. The van der Waals surface area contributed by atoms with Crippen LogP contribution in [0, 0.1) is 0 Å². The molecule has 21 heavy (non-hydrogen) atoms. The summed E-state index contributed by atoms with van der Waals surface area (Å²) in [5.74, 6) is -0.440. The van der Waals surface area contributed by atoms with Crippen LogP contribution in [0.2, 0.25) is 0 Å². The first-order valence-corrected chi connectivity index (χ1v) is 7.09. The zero-order valence-corrected chi connectivity index (χ0v) is 12.4. The van der Waals surface area contributed by atoms with E-state index in [0.717, 1.165) is 12.8 Å². The average Bonchev–Trinajstić information content (AvgIpc) is 2.80. The minimum Gasteiger partial charge on any atom is -0.351 e. The number of imide groups is 1. The van der Waals surface area contributed by atoms with Gasteiger partial charge in [-0.2, -0.15) is 0 Å². The zero-order valence-electron chi connectivity index (χ0n) is 11.6. The van der Waals surface area contributed by atoms with E-state index in [4.69, 9.17) is 17.3 Å². The lowest BCUT2D eigenvalue weighted by Crippen LogP contribution is -2.43. The largest absolute Gasteiger partial charge is 0.351 e. The normalized spacial score (nSPS) is 16.6. The highest BCUT2D eigenvalue weighted by molar-refractivity contribution is 6.29. The van der Waals surface area contributed by atoms with Gasteiger partial charge in [0.1, 0.15) is 0 Å². The lowest BCUT2D eigenvalue weighted by molar-refractivity contribution is -0.121. The number of amides is 3. The predicted octanol–water partition coefficient (Wildman–Crippen LogP) is 1.92. The second-order valence-corrected chi connectivity index (χ2v) is 5.62. The molecule has 3 amide bonds. The summed E-state index contributed by atoms with van der Waals surface area (Å²) >= 11 is 5.91. The van der Waals surface area contributed by atoms with Gasteiger partial charge in [0.05, 0.1) is 6.54 Å². The van der Waals surface area contributed by atoms with Gasteiger partial charge in [-0.05, 0) is 24.0 Å². The summed E-state index contributed by atoms with van der Waals surface area (Å²) in [7, 11) is 0. The van der Waals surface area contributed by atoms with Gasteiger partial charge in [-0.1, -0.05) is 42.4 Å². The number of halogens is 1. The van der Waals surface area contributed by atoms with Gasteiger partial charge >= 0.3 is 6.03 Å². The molecule has 1 aliphatic carbocycles. The van der Waals surface area contributed by atoms with E-state index in [1.807, 2.05) is 17.0 Å². The number of carbonyl (C=O) groups excluding carboxylic acids is 2. The summed E-state index contributed by atoms with van der Waals surface area (Å²) in [6.07, 6.45) is 1.87. The number of benzene rings is 1. The van der Waals surface area contributed by atoms with E-state index in [-0.39, 0.29) is 12.6 Å². The molecule has 1 aromatic carbocycles. The van der Waals surface area contributed by atoms with Crippen molar-refractivity contribution in [3.8, 4) is 0 Å². The van der Waals surface area contributed by atoms with Crippen molar-refractivity contribution >= 4 is 23.5 Å². The van der Waals surface area contributed by atoms with E-state index >= 15 is 0 Å². The maximum atomic E-state index is 11.8. The topological polar surface area (TPSA) is 75.4 Å². The molecule has 1 aliphatic rings. The van der Waals surface area contributed by atoms with Crippen LogP contribution in [0.1, 0.15) is 23.6 Å². The Bertz CT molecular complexity index is 574. The molecule has 2 rings (SSSR count). The SMILES string of the molecule is C=C(Cl)CN(CC(=O)NC(N)=O)[C@@H]1CCc2ccccc21. The molecule has 0 fully saturated rings. The number of hydrogen-bond donors (Lipinski definition) is 2. The van der Waals surface area contributed by atoms with E-state index < -0.39 is 11.9 Å². The quantitative estimate of drug-likeness (QED) is 0.872. The van der Waals surface area contributed by atoms with Crippen LogP contribution in [0.4, 0.5) is 4.79 Å². The fourth-order valence-electron chi connectivity index (χ4n) is 2.77. The number of primary amides is 1. The Morgan fingerprint density at radius 2 is 2.10 bits per heavy atom. The molecule has 1 aromatic rings. The highest BCUT2D eigenvalue weighted by atomic mass is 35.5. The van der Waals surface area contributed by atoms with E-state index in [2.05, 4.69) is 24.0 Å². The van der Waals surface area contributed by atoms with Crippen molar-refractivity contribution in [2.24, 2.45) is 5.73 Å². The van der Waals surface area contributed by atoms with Gasteiger partial charge < -0.3 is 5.73 Å². The molecule has 0 unspecified atom stereocenters. The maximum absolute atomic E-state index is 11.8. The highest BCUT2D eigenvalue weighted by Gasteiger charge is 2.29. The third kappa shape index (κ3) is 4.06. The Kier molecular flexibility index (Phi) is 4.98. The maximum Gasteiger partial charge on any atom is 0.318 e. The monoisotopic (exact) mass is 307 g/mol. The fourth-order valence-corrected chi connectivity index (χ4v) is 2.93. The van der Waals surface area contributed by atoms with Gasteiger partial charge in [-0.3, -0.25) is 15.0 Å². The molecule has 112 valence electrons. The molecule has 0 aliphatic heterocycles. The first-order chi connectivity index (χ1) is 9.97.